The number of hydrogen-bond donors (Lipinski definition) is 3. The predicted molar refractivity (Wildman–Crippen MR) is 149 cm³/mol. The Labute approximate surface area is 235 Å². The van der Waals surface area contributed by atoms with Crippen molar-refractivity contribution in [1.29, 1.82) is 5.41 Å². The maximum absolute atomic E-state index is 16.6. The molecule has 1 amide bonds. The van der Waals surface area contributed by atoms with E-state index in [-0.39, 0.29) is 63.7 Å². The average molecular weight is 568 g/mol. The summed E-state index contributed by atoms with van der Waals surface area (Å²) in [7, 11) is 0. The van der Waals surface area contributed by atoms with E-state index in [9.17, 15) is 19.7 Å². The van der Waals surface area contributed by atoms with Crippen molar-refractivity contribution in [2.45, 2.75) is 26.0 Å². The fraction of sp³-hybridized carbons (Fsp3) is 0.276. The van der Waals surface area contributed by atoms with Gasteiger partial charge in [-0.15, -0.1) is 0 Å². The maximum atomic E-state index is 16.6. The minimum absolute atomic E-state index is 0.0185. The summed E-state index contributed by atoms with van der Waals surface area (Å²) in [6.07, 6.45) is 1.78. The van der Waals surface area contributed by atoms with Crippen molar-refractivity contribution in [1.82, 2.24) is 14.8 Å². The number of carbonyl (C=O) groups excluding carboxylic acids is 1. The molecule has 208 valence electrons. The molecule has 3 N–H and O–H groups in total. The van der Waals surface area contributed by atoms with Crippen LogP contribution in [-0.2, 0) is 4.79 Å². The molecule has 2 unspecified atom stereocenters. The normalized spacial score (nSPS) is 17.4. The summed E-state index contributed by atoms with van der Waals surface area (Å²) in [5.74, 6) is -1.85. The highest BCUT2D eigenvalue weighted by Crippen LogP contribution is 2.48. The molecule has 2 aliphatic rings. The van der Waals surface area contributed by atoms with Gasteiger partial charge in [0, 0.05) is 37.0 Å². The molecule has 11 heteroatoms. The number of aryl methyl sites for hydroxylation is 1. The van der Waals surface area contributed by atoms with E-state index in [0.29, 0.717) is 24.3 Å². The first-order valence-corrected chi connectivity index (χ1v) is 13.1. The van der Waals surface area contributed by atoms with Crippen molar-refractivity contribution in [2.75, 3.05) is 31.6 Å². The molecule has 2 aromatic carbocycles. The standard InChI is InChI=1S/C29H28ClF2N5O3/c1-4-20(39)36-11-12-37-17(13-36)14-40-28-22(29(37)33)27(35-25-15(2)9-10-34-26(25)16(3)38)24(32)21(23(28)30)18-7-5-6-8-19(18)31/h4-10,16-17,33,35,38H,1,11-14H2,2-3H3. The van der Waals surface area contributed by atoms with Gasteiger partial charge in [0.15, 0.2) is 11.6 Å². The highest BCUT2D eigenvalue weighted by Gasteiger charge is 2.39. The average Bonchev–Trinajstić information content (AvgIpc) is 3.08. The van der Waals surface area contributed by atoms with Crippen LogP contribution in [0.5, 0.6) is 5.75 Å². The van der Waals surface area contributed by atoms with E-state index in [4.69, 9.17) is 16.3 Å². The molecule has 1 fully saturated rings. The smallest absolute Gasteiger partial charge is 0.246 e. The summed E-state index contributed by atoms with van der Waals surface area (Å²) < 4.78 is 37.8. The summed E-state index contributed by atoms with van der Waals surface area (Å²) in [4.78, 5) is 19.9. The Hall–Kier alpha value is -4.02. The first kappa shape index (κ1) is 27.5. The molecule has 1 saturated heterocycles. The lowest BCUT2D eigenvalue weighted by Crippen LogP contribution is -2.57. The number of piperazine rings is 1. The van der Waals surface area contributed by atoms with E-state index in [2.05, 4.69) is 16.9 Å². The van der Waals surface area contributed by atoms with Crippen LogP contribution in [0.2, 0.25) is 5.02 Å². The summed E-state index contributed by atoms with van der Waals surface area (Å²) >= 11 is 6.76. The molecule has 2 aliphatic heterocycles. The fourth-order valence-electron chi connectivity index (χ4n) is 5.18. The van der Waals surface area contributed by atoms with Crippen LogP contribution in [0.1, 0.15) is 29.8 Å². The second-order valence-electron chi connectivity index (χ2n) is 9.75. The quantitative estimate of drug-likeness (QED) is 0.366. The molecule has 3 aromatic rings. The second-order valence-corrected chi connectivity index (χ2v) is 10.1. The summed E-state index contributed by atoms with van der Waals surface area (Å²) in [5.41, 5.74) is 0.865. The third-order valence-corrected chi connectivity index (χ3v) is 7.59. The lowest BCUT2D eigenvalue weighted by molar-refractivity contribution is -0.128. The van der Waals surface area contributed by atoms with Crippen molar-refractivity contribution in [2.24, 2.45) is 0 Å². The van der Waals surface area contributed by atoms with Crippen molar-refractivity contribution in [3.8, 4) is 16.9 Å². The zero-order chi connectivity index (χ0) is 28.7. The number of amides is 1. The van der Waals surface area contributed by atoms with Gasteiger partial charge >= 0.3 is 0 Å². The number of nitrogens with one attached hydrogen (secondary N) is 2. The number of carbonyl (C=O) groups is 1. The predicted octanol–water partition coefficient (Wildman–Crippen LogP) is 5.20. The van der Waals surface area contributed by atoms with Crippen molar-refractivity contribution < 1.29 is 23.4 Å². The van der Waals surface area contributed by atoms with Crippen LogP contribution in [0.3, 0.4) is 0 Å². The molecule has 2 atom stereocenters. The first-order chi connectivity index (χ1) is 19.1. The molecule has 3 heterocycles. The molecule has 0 bridgehead atoms. The van der Waals surface area contributed by atoms with Gasteiger partial charge in [0.2, 0.25) is 5.91 Å². The van der Waals surface area contributed by atoms with Gasteiger partial charge < -0.3 is 25.0 Å². The van der Waals surface area contributed by atoms with Gasteiger partial charge in [-0.1, -0.05) is 36.4 Å². The number of benzene rings is 2. The number of fused-ring (bicyclic) bond motifs is 2. The van der Waals surface area contributed by atoms with Crippen LogP contribution in [0.25, 0.3) is 11.1 Å². The van der Waals surface area contributed by atoms with Gasteiger partial charge in [-0.05, 0) is 37.6 Å². The molecule has 8 nitrogen and oxygen atoms in total. The number of nitrogens with zero attached hydrogens (tertiary/aromatic N) is 3. The lowest BCUT2D eigenvalue weighted by Gasteiger charge is -2.40. The number of amidine groups is 1. The molecule has 0 radical (unpaired) electrons. The first-order valence-electron chi connectivity index (χ1n) is 12.7. The van der Waals surface area contributed by atoms with Crippen LogP contribution in [-0.4, -0.2) is 63.9 Å². The number of aliphatic hydroxyl groups is 1. The fourth-order valence-corrected chi connectivity index (χ4v) is 5.51. The van der Waals surface area contributed by atoms with E-state index in [1.165, 1.54) is 37.4 Å². The Morgan fingerprint density at radius 2 is 2.02 bits per heavy atom. The number of pyridine rings is 1. The molecule has 0 saturated carbocycles. The van der Waals surface area contributed by atoms with Gasteiger partial charge in [-0.3, -0.25) is 15.2 Å². The van der Waals surface area contributed by atoms with Crippen LogP contribution in [0.15, 0.2) is 49.2 Å². The van der Waals surface area contributed by atoms with E-state index >= 15 is 4.39 Å². The maximum Gasteiger partial charge on any atom is 0.246 e. The molecule has 0 aliphatic carbocycles. The Bertz CT molecular complexity index is 1530. The van der Waals surface area contributed by atoms with Crippen molar-refractivity contribution in [3.63, 3.8) is 0 Å². The molecular formula is C29H28ClF2N5O3. The van der Waals surface area contributed by atoms with E-state index in [0.717, 1.165) is 0 Å². The number of aromatic nitrogens is 1. The minimum atomic E-state index is -0.988. The second kappa shape index (κ2) is 10.9. The highest BCUT2D eigenvalue weighted by atomic mass is 35.5. The number of anilines is 2. The SMILES string of the molecule is C=CC(=O)N1CCN2C(=N)c3c(Nc4c(C)ccnc4C(C)O)c(F)c(-c4ccccc4F)c(Cl)c3OCC2C1. The van der Waals surface area contributed by atoms with E-state index in [1.54, 1.807) is 28.9 Å². The minimum Gasteiger partial charge on any atom is -0.489 e. The molecule has 5 rings (SSSR count). The zero-order valence-electron chi connectivity index (χ0n) is 22.0. The van der Waals surface area contributed by atoms with Crippen LogP contribution < -0.4 is 10.1 Å². The highest BCUT2D eigenvalue weighted by molar-refractivity contribution is 6.36. The van der Waals surface area contributed by atoms with Crippen LogP contribution >= 0.6 is 11.6 Å². The lowest BCUT2D eigenvalue weighted by atomic mass is 9.97. The molecular weight excluding hydrogens is 540 g/mol. The zero-order valence-corrected chi connectivity index (χ0v) is 22.7. The summed E-state index contributed by atoms with van der Waals surface area (Å²) in [6, 6.07) is 6.95. The number of hydrogen-bond acceptors (Lipinski definition) is 6. The number of halogens is 3. The molecule has 0 spiro atoms. The van der Waals surface area contributed by atoms with Gasteiger partial charge in [0.05, 0.1) is 39.8 Å². The van der Waals surface area contributed by atoms with Crippen LogP contribution in [0.4, 0.5) is 20.2 Å². The van der Waals surface area contributed by atoms with Crippen LogP contribution in [0, 0.1) is 24.0 Å². The van der Waals surface area contributed by atoms with Gasteiger partial charge in [-0.2, -0.15) is 0 Å². The molecule has 40 heavy (non-hydrogen) atoms. The summed E-state index contributed by atoms with van der Waals surface area (Å²) in [5, 5.41) is 22.5. The summed E-state index contributed by atoms with van der Waals surface area (Å²) in [6.45, 7) is 7.80. The van der Waals surface area contributed by atoms with Crippen molar-refractivity contribution >= 4 is 34.7 Å². The monoisotopic (exact) mass is 567 g/mol. The van der Waals surface area contributed by atoms with E-state index < -0.39 is 23.8 Å². The molecule has 1 aromatic heterocycles. The third-order valence-electron chi connectivity index (χ3n) is 7.23. The van der Waals surface area contributed by atoms with Gasteiger partial charge in [-0.25, -0.2) is 8.78 Å². The van der Waals surface area contributed by atoms with E-state index in [1.807, 2.05) is 0 Å². The Morgan fingerprint density at radius 3 is 2.73 bits per heavy atom. The number of aliphatic hydroxyl groups excluding tert-OH is 1. The third kappa shape index (κ3) is 4.67. The Kier molecular flexibility index (Phi) is 7.48. The number of ether oxygens (including phenoxy) is 1. The number of rotatable bonds is 5. The van der Waals surface area contributed by atoms with Gasteiger partial charge in [0.25, 0.3) is 0 Å². The van der Waals surface area contributed by atoms with Gasteiger partial charge in [0.1, 0.15) is 18.3 Å². The largest absolute Gasteiger partial charge is 0.489 e. The van der Waals surface area contributed by atoms with Crippen molar-refractivity contribution in [3.05, 3.63) is 82.7 Å². The Morgan fingerprint density at radius 1 is 1.27 bits per heavy atom. The topological polar surface area (TPSA) is 102 Å². The Balaban J connectivity index is 1.73.